The third kappa shape index (κ3) is 24.9. The van der Waals surface area contributed by atoms with Crippen molar-refractivity contribution >= 4 is 5.97 Å². The molecule has 0 aliphatic carbocycles. The van der Waals surface area contributed by atoms with Crippen LogP contribution in [0.2, 0.25) is 0 Å². The highest BCUT2D eigenvalue weighted by atomic mass is 16.4. The fraction of sp³-hybridized carbons (Fsp3) is 0.800. The summed E-state index contributed by atoms with van der Waals surface area (Å²) in [6, 6.07) is 0. The Morgan fingerprint density at radius 1 is 0.593 bits per heavy atom. The summed E-state index contributed by atoms with van der Waals surface area (Å²) in [6.45, 7) is 2.28. The molecular formula is C25H46O2. The van der Waals surface area contributed by atoms with Gasteiger partial charge < -0.3 is 5.11 Å². The molecule has 2 nitrogen and oxygen atoms in total. The smallest absolute Gasteiger partial charge is 0.303 e. The maximum atomic E-state index is 10.4. The van der Waals surface area contributed by atoms with E-state index in [4.69, 9.17) is 5.11 Å². The Balaban J connectivity index is 3.17. The standard InChI is InChI=1S/C25H46O2/c1-2-3-4-5-6-7-8-9-10-11-12-13-14-15-16-17-18-19-20-21-22-23-24-25(26)27/h11-14H,2-10,15-24H2,1H3,(H,26,27). The summed E-state index contributed by atoms with van der Waals surface area (Å²) in [5.41, 5.74) is 0. The molecule has 27 heavy (non-hydrogen) atoms. The van der Waals surface area contributed by atoms with Gasteiger partial charge in [0, 0.05) is 6.42 Å². The van der Waals surface area contributed by atoms with Crippen molar-refractivity contribution in [1.82, 2.24) is 0 Å². The Bertz CT molecular complexity index is 357. The van der Waals surface area contributed by atoms with Crippen LogP contribution < -0.4 is 0 Å². The van der Waals surface area contributed by atoms with E-state index in [1.807, 2.05) is 0 Å². The van der Waals surface area contributed by atoms with E-state index in [9.17, 15) is 4.79 Å². The number of hydrogen-bond acceptors (Lipinski definition) is 1. The highest BCUT2D eigenvalue weighted by molar-refractivity contribution is 5.66. The molecule has 0 aliphatic rings. The second-order valence-electron chi connectivity index (χ2n) is 7.88. The molecule has 0 unspecified atom stereocenters. The van der Waals surface area contributed by atoms with Crippen LogP contribution in [0.3, 0.4) is 0 Å². The quantitative estimate of drug-likeness (QED) is 0.160. The molecule has 0 saturated carbocycles. The van der Waals surface area contributed by atoms with Gasteiger partial charge in [-0.3, -0.25) is 4.79 Å². The van der Waals surface area contributed by atoms with Crippen LogP contribution in [0.15, 0.2) is 24.3 Å². The molecule has 0 spiro atoms. The van der Waals surface area contributed by atoms with Crippen molar-refractivity contribution in [1.29, 1.82) is 0 Å². The predicted molar refractivity (Wildman–Crippen MR) is 119 cm³/mol. The van der Waals surface area contributed by atoms with Gasteiger partial charge in [0.15, 0.2) is 0 Å². The molecule has 0 heterocycles. The first-order valence-electron chi connectivity index (χ1n) is 11.8. The zero-order chi connectivity index (χ0) is 19.8. The normalized spacial score (nSPS) is 11.7. The van der Waals surface area contributed by atoms with Crippen molar-refractivity contribution in [3.05, 3.63) is 24.3 Å². The monoisotopic (exact) mass is 378 g/mol. The van der Waals surface area contributed by atoms with Crippen LogP contribution in [0.5, 0.6) is 0 Å². The fourth-order valence-corrected chi connectivity index (χ4v) is 3.34. The molecule has 0 radical (unpaired) electrons. The number of carboxylic acids is 1. The van der Waals surface area contributed by atoms with Crippen molar-refractivity contribution in [2.45, 2.75) is 129 Å². The van der Waals surface area contributed by atoms with Crippen molar-refractivity contribution in [3.8, 4) is 0 Å². The number of carbonyl (C=O) groups is 1. The third-order valence-electron chi connectivity index (χ3n) is 5.12. The van der Waals surface area contributed by atoms with E-state index in [-0.39, 0.29) is 0 Å². The van der Waals surface area contributed by atoms with E-state index >= 15 is 0 Å². The first-order valence-corrected chi connectivity index (χ1v) is 11.8. The number of hydrogen-bond donors (Lipinski definition) is 1. The van der Waals surface area contributed by atoms with Crippen LogP contribution in [-0.2, 0) is 4.79 Å². The molecule has 0 aromatic heterocycles. The summed E-state index contributed by atoms with van der Waals surface area (Å²) < 4.78 is 0. The Hall–Kier alpha value is -1.05. The number of rotatable bonds is 21. The Morgan fingerprint density at radius 3 is 1.37 bits per heavy atom. The molecule has 158 valence electrons. The zero-order valence-corrected chi connectivity index (χ0v) is 18.1. The highest BCUT2D eigenvalue weighted by Crippen LogP contribution is 2.11. The Kier molecular flexibility index (Phi) is 22.1. The second kappa shape index (κ2) is 23.0. The molecule has 1 N–H and O–H groups in total. The molecule has 0 fully saturated rings. The molecule has 2 heteroatoms. The molecule has 0 rings (SSSR count). The van der Waals surface area contributed by atoms with Gasteiger partial charge in [-0.1, -0.05) is 115 Å². The van der Waals surface area contributed by atoms with Crippen molar-refractivity contribution < 1.29 is 9.90 Å². The van der Waals surface area contributed by atoms with E-state index in [2.05, 4.69) is 31.2 Å². The summed E-state index contributed by atoms with van der Waals surface area (Å²) >= 11 is 0. The summed E-state index contributed by atoms with van der Waals surface area (Å²) in [5.74, 6) is -0.661. The average molecular weight is 379 g/mol. The summed E-state index contributed by atoms with van der Waals surface area (Å²) in [6.07, 6.45) is 32.6. The Labute approximate surface area is 169 Å². The largest absolute Gasteiger partial charge is 0.481 e. The number of carboxylic acid groups (broad SMARTS) is 1. The molecule has 0 aromatic carbocycles. The lowest BCUT2D eigenvalue weighted by molar-refractivity contribution is -0.137. The summed E-state index contributed by atoms with van der Waals surface area (Å²) in [7, 11) is 0. The van der Waals surface area contributed by atoms with Crippen molar-refractivity contribution in [2.75, 3.05) is 0 Å². The van der Waals surface area contributed by atoms with E-state index in [1.54, 1.807) is 0 Å². The second-order valence-corrected chi connectivity index (χ2v) is 7.88. The van der Waals surface area contributed by atoms with Crippen molar-refractivity contribution in [3.63, 3.8) is 0 Å². The maximum absolute atomic E-state index is 10.4. The van der Waals surface area contributed by atoms with Crippen LogP contribution >= 0.6 is 0 Å². The summed E-state index contributed by atoms with van der Waals surface area (Å²) in [4.78, 5) is 10.4. The van der Waals surface area contributed by atoms with Crippen molar-refractivity contribution in [2.24, 2.45) is 0 Å². The van der Waals surface area contributed by atoms with Crippen LogP contribution in [0.1, 0.15) is 129 Å². The molecule has 0 aliphatic heterocycles. The van der Waals surface area contributed by atoms with Gasteiger partial charge in [0.25, 0.3) is 0 Å². The van der Waals surface area contributed by atoms with E-state index in [0.29, 0.717) is 6.42 Å². The SMILES string of the molecule is CCCCCCCCCCC=CC=CCCCCCCCCCCC(=O)O. The van der Waals surface area contributed by atoms with Gasteiger partial charge in [-0.2, -0.15) is 0 Å². The predicted octanol–water partition coefficient (Wildman–Crippen LogP) is 8.62. The molecule has 0 amide bonds. The zero-order valence-electron chi connectivity index (χ0n) is 18.1. The van der Waals surface area contributed by atoms with Crippen LogP contribution in [-0.4, -0.2) is 11.1 Å². The summed E-state index contributed by atoms with van der Waals surface area (Å²) in [5, 5.41) is 8.57. The average Bonchev–Trinajstić information content (AvgIpc) is 2.65. The maximum Gasteiger partial charge on any atom is 0.303 e. The van der Waals surface area contributed by atoms with Gasteiger partial charge in [-0.25, -0.2) is 0 Å². The number of aliphatic carboxylic acids is 1. The molecule has 0 aromatic rings. The third-order valence-corrected chi connectivity index (χ3v) is 5.12. The van der Waals surface area contributed by atoms with Gasteiger partial charge >= 0.3 is 5.97 Å². The van der Waals surface area contributed by atoms with Crippen LogP contribution in [0, 0.1) is 0 Å². The van der Waals surface area contributed by atoms with Gasteiger partial charge in [0.05, 0.1) is 0 Å². The molecule has 0 bridgehead atoms. The van der Waals surface area contributed by atoms with Crippen LogP contribution in [0.4, 0.5) is 0 Å². The minimum Gasteiger partial charge on any atom is -0.481 e. The van der Waals surface area contributed by atoms with Gasteiger partial charge in [-0.15, -0.1) is 0 Å². The minimum atomic E-state index is -0.661. The van der Waals surface area contributed by atoms with Gasteiger partial charge in [0.2, 0.25) is 0 Å². The first-order chi connectivity index (χ1) is 13.3. The van der Waals surface area contributed by atoms with Gasteiger partial charge in [0.1, 0.15) is 0 Å². The van der Waals surface area contributed by atoms with E-state index < -0.39 is 5.97 Å². The molecular weight excluding hydrogens is 332 g/mol. The van der Waals surface area contributed by atoms with Gasteiger partial charge in [-0.05, 0) is 32.1 Å². The topological polar surface area (TPSA) is 37.3 Å². The highest BCUT2D eigenvalue weighted by Gasteiger charge is 1.96. The fourth-order valence-electron chi connectivity index (χ4n) is 3.34. The molecule has 0 saturated heterocycles. The van der Waals surface area contributed by atoms with E-state index in [0.717, 1.165) is 12.8 Å². The van der Waals surface area contributed by atoms with Crippen LogP contribution in [0.25, 0.3) is 0 Å². The minimum absolute atomic E-state index is 0.333. The van der Waals surface area contributed by atoms with E-state index in [1.165, 1.54) is 103 Å². The Morgan fingerprint density at radius 2 is 0.963 bits per heavy atom. The lowest BCUT2D eigenvalue weighted by atomic mass is 10.1. The first kappa shape index (κ1) is 26.0. The molecule has 0 atom stereocenters. The number of allylic oxidation sites excluding steroid dienone is 4. The number of unbranched alkanes of at least 4 members (excludes halogenated alkanes) is 16. The lowest BCUT2D eigenvalue weighted by Crippen LogP contribution is -1.93. The lowest BCUT2D eigenvalue weighted by Gasteiger charge is -2.00.